The molecule has 9 aromatic carbocycles. The van der Waals surface area contributed by atoms with Gasteiger partial charge in [-0.05, 0) is 149 Å². The molecule has 0 fully saturated rings. The van der Waals surface area contributed by atoms with Crippen LogP contribution in [0.4, 0.5) is 0 Å². The van der Waals surface area contributed by atoms with Crippen LogP contribution in [0.1, 0.15) is 151 Å². The third-order valence-corrected chi connectivity index (χ3v) is 18.9. The zero-order valence-electron chi connectivity index (χ0n) is 50.4. The number of aromatic nitrogens is 3. The van der Waals surface area contributed by atoms with Crippen molar-refractivity contribution in [2.45, 2.75) is 109 Å². The fraction of sp³-hybridized carbons (Fsp3) is 0.225. The van der Waals surface area contributed by atoms with Crippen molar-refractivity contribution in [3.05, 3.63) is 320 Å². The predicted octanol–water partition coefficient (Wildman–Crippen LogP) is 17.8. The van der Waals surface area contributed by atoms with E-state index in [1.165, 1.54) is 100 Å². The summed E-state index contributed by atoms with van der Waals surface area (Å²) in [4.78, 5) is 5.55. The molecule has 0 N–H and O–H groups in total. The van der Waals surface area contributed by atoms with Crippen molar-refractivity contribution in [1.29, 1.82) is 0 Å². The molecular weight excluding hydrogens is 1200 g/mol. The fourth-order valence-corrected chi connectivity index (χ4v) is 14.8. The minimum Gasteiger partial charge on any atom is -0.354 e. The smallest absolute Gasteiger partial charge is 0.204 e. The summed E-state index contributed by atoms with van der Waals surface area (Å²) < 4.78 is 4.35. The number of pyridine rings is 1. The average molecular weight is 1270 g/mol. The summed E-state index contributed by atoms with van der Waals surface area (Å²) in [7, 11) is 2.07. The molecule has 0 saturated carbocycles. The van der Waals surface area contributed by atoms with Gasteiger partial charge in [-0.25, -0.2) is 0 Å². The van der Waals surface area contributed by atoms with Crippen molar-refractivity contribution >= 4 is 0 Å². The molecule has 418 valence electrons. The van der Waals surface area contributed by atoms with Gasteiger partial charge in [0.05, 0.1) is 18.2 Å². The molecule has 0 bridgehead atoms. The summed E-state index contributed by atoms with van der Waals surface area (Å²) in [6, 6.07) is 82.8. The third-order valence-electron chi connectivity index (χ3n) is 18.9. The number of hydrogen-bond acceptors (Lipinski definition) is 1. The quantitative estimate of drug-likeness (QED) is 0.115. The molecule has 0 aliphatic heterocycles. The summed E-state index contributed by atoms with van der Waals surface area (Å²) >= 11 is 0. The second kappa shape index (κ2) is 19.5. The maximum Gasteiger partial charge on any atom is 0.204 e. The SMILES string of the molecule is Cc1cccc(C)c1-c1ccnc(C2(c3[c-]c(C4(c5[c-]c(C6(n7[c-][n+](C)cc7)c7ccccc7-c7cc(C(C)(C)C)ccc76)ccc5)c5ccccc5-c5cc(C(C)(C)C)ccc54)ccc3)c3ccccc3-c3cc(C(C)(C)C)ccc32)c1.[Pt]. The van der Waals surface area contributed by atoms with Crippen LogP contribution in [-0.2, 0) is 60.7 Å². The van der Waals surface area contributed by atoms with Crippen molar-refractivity contribution in [1.82, 2.24) is 9.55 Å². The van der Waals surface area contributed by atoms with E-state index in [1.807, 2.05) is 10.8 Å². The zero-order valence-corrected chi connectivity index (χ0v) is 52.6. The van der Waals surface area contributed by atoms with Crippen LogP contribution in [0.15, 0.2) is 213 Å². The number of rotatable bonds is 7. The van der Waals surface area contributed by atoms with E-state index in [4.69, 9.17) is 4.98 Å². The molecule has 2 aromatic heterocycles. The molecule has 2 heterocycles. The molecule has 3 aliphatic carbocycles. The molecule has 11 aromatic rings. The van der Waals surface area contributed by atoms with Crippen LogP contribution in [0.25, 0.3) is 44.5 Å². The fourth-order valence-electron chi connectivity index (χ4n) is 14.8. The first-order chi connectivity index (χ1) is 39.8. The zero-order chi connectivity index (χ0) is 57.6. The number of fused-ring (bicyclic) bond motifs is 9. The van der Waals surface area contributed by atoms with Crippen LogP contribution in [0.3, 0.4) is 0 Å². The van der Waals surface area contributed by atoms with E-state index in [1.54, 1.807) is 0 Å². The van der Waals surface area contributed by atoms with Gasteiger partial charge in [0, 0.05) is 43.8 Å². The van der Waals surface area contributed by atoms with Gasteiger partial charge in [-0.2, -0.15) is 48.5 Å². The Morgan fingerprint density at radius 2 is 0.821 bits per heavy atom. The molecule has 3 atom stereocenters. The molecule has 84 heavy (non-hydrogen) atoms. The van der Waals surface area contributed by atoms with Crippen molar-refractivity contribution in [3.8, 4) is 44.5 Å². The van der Waals surface area contributed by atoms with E-state index in [-0.39, 0.29) is 37.3 Å². The Labute approximate surface area is 512 Å². The summed E-state index contributed by atoms with van der Waals surface area (Å²) in [5.41, 5.74) is 25.8. The average Bonchev–Trinajstić information content (AvgIpc) is 1.55. The minimum atomic E-state index is -0.885. The van der Waals surface area contributed by atoms with Gasteiger partial charge in [-0.3, -0.25) is 4.98 Å². The van der Waals surface area contributed by atoms with Crippen molar-refractivity contribution in [3.63, 3.8) is 0 Å². The van der Waals surface area contributed by atoms with Gasteiger partial charge in [-0.1, -0.05) is 208 Å². The van der Waals surface area contributed by atoms with Gasteiger partial charge in [0.15, 0.2) is 0 Å². The Balaban J connectivity index is 0.00000658. The van der Waals surface area contributed by atoms with Gasteiger partial charge < -0.3 is 9.13 Å². The van der Waals surface area contributed by atoms with E-state index in [0.717, 1.165) is 33.5 Å². The van der Waals surface area contributed by atoms with Gasteiger partial charge in [0.2, 0.25) is 6.33 Å². The first-order valence-electron chi connectivity index (χ1n) is 29.6. The number of aryl methyl sites for hydroxylation is 3. The molecule has 4 heteroatoms. The standard InChI is InChI=1S/C80H71N3.Pt/c1-51-22-19-23-52(2)74(51)53-40-41-81-73(44-53)79(68-32-17-14-29-62(68)65-48-55(76(6,7)8)35-38-70(65)79)59-26-20-24-57(45-59)78(67-31-16-13-28-61(67)64-47-54(75(3,4)5)34-37-69(64)78)58-25-21-27-60(46-58)80(83-43-42-82(12)50-83)71-33-18-15-30-63(71)66-49-56(77(9,10)11)36-39-72(66)80;/h13-44,47-49H,1-12H3;/q-2;. The second-order valence-electron chi connectivity index (χ2n) is 26.9. The van der Waals surface area contributed by atoms with Gasteiger partial charge in [-0.15, -0.1) is 22.3 Å². The first kappa shape index (κ1) is 55.2. The molecule has 3 aliphatic rings. The number of nitrogens with zero attached hydrogens (tertiary/aromatic N) is 3. The van der Waals surface area contributed by atoms with E-state index < -0.39 is 16.4 Å². The number of imidazole rings is 1. The molecule has 0 saturated heterocycles. The molecule has 3 unspecified atom stereocenters. The van der Waals surface area contributed by atoms with Gasteiger partial charge in [0.25, 0.3) is 0 Å². The normalized spacial score (nSPS) is 18.3. The Morgan fingerprint density at radius 3 is 1.35 bits per heavy atom. The monoisotopic (exact) mass is 1270 g/mol. The number of benzene rings is 9. The Hall–Kier alpha value is -7.97. The maximum absolute atomic E-state index is 5.55. The maximum atomic E-state index is 5.55. The van der Waals surface area contributed by atoms with Crippen LogP contribution in [0.2, 0.25) is 0 Å². The van der Waals surface area contributed by atoms with E-state index >= 15 is 0 Å². The summed E-state index contributed by atoms with van der Waals surface area (Å²) in [5, 5.41) is 0. The van der Waals surface area contributed by atoms with E-state index in [2.05, 4.69) is 313 Å². The molecule has 0 amide bonds. The molecule has 0 spiro atoms. The Kier molecular flexibility index (Phi) is 12.9. The largest absolute Gasteiger partial charge is 0.354 e. The molecule has 0 radical (unpaired) electrons. The van der Waals surface area contributed by atoms with Crippen LogP contribution in [0, 0.1) is 32.3 Å². The Bertz CT molecular complexity index is 4440. The van der Waals surface area contributed by atoms with Crippen LogP contribution >= 0.6 is 0 Å². The van der Waals surface area contributed by atoms with E-state index in [9.17, 15) is 0 Å². The van der Waals surface area contributed by atoms with Crippen LogP contribution in [-0.4, -0.2) is 9.55 Å². The molecule has 3 nitrogen and oxygen atoms in total. The van der Waals surface area contributed by atoms with Crippen molar-refractivity contribution < 1.29 is 25.6 Å². The Morgan fingerprint density at radius 1 is 0.417 bits per heavy atom. The predicted molar refractivity (Wildman–Crippen MR) is 339 cm³/mol. The molecular formula is C80H71N3Pt-2. The van der Waals surface area contributed by atoms with Crippen LogP contribution in [0.5, 0.6) is 0 Å². The van der Waals surface area contributed by atoms with Crippen molar-refractivity contribution in [2.75, 3.05) is 0 Å². The van der Waals surface area contributed by atoms with E-state index in [0.29, 0.717) is 0 Å². The van der Waals surface area contributed by atoms with Crippen molar-refractivity contribution in [2.24, 2.45) is 7.05 Å². The summed E-state index contributed by atoms with van der Waals surface area (Å²) in [6.07, 6.45) is 10.1. The number of hydrogen-bond donors (Lipinski definition) is 0. The third kappa shape index (κ3) is 7.94. The van der Waals surface area contributed by atoms with Crippen LogP contribution < -0.4 is 4.57 Å². The van der Waals surface area contributed by atoms with Gasteiger partial charge in [0.1, 0.15) is 5.54 Å². The topological polar surface area (TPSA) is 21.7 Å². The first-order valence-corrected chi connectivity index (χ1v) is 29.6. The second-order valence-corrected chi connectivity index (χ2v) is 26.9. The minimum absolute atomic E-state index is 0. The van der Waals surface area contributed by atoms with Gasteiger partial charge >= 0.3 is 0 Å². The molecule has 14 rings (SSSR count). The summed E-state index contributed by atoms with van der Waals surface area (Å²) in [6.45, 7) is 25.3. The summed E-state index contributed by atoms with van der Waals surface area (Å²) in [5.74, 6) is 0.